The van der Waals surface area contributed by atoms with E-state index < -0.39 is 6.10 Å². The predicted octanol–water partition coefficient (Wildman–Crippen LogP) is 1.06. The zero-order valence-corrected chi connectivity index (χ0v) is 10.8. The van der Waals surface area contributed by atoms with Gasteiger partial charge in [-0.1, -0.05) is 13.3 Å². The van der Waals surface area contributed by atoms with E-state index in [1.807, 2.05) is 0 Å². The molecule has 2 rings (SSSR count). The molecule has 1 aliphatic carbocycles. The van der Waals surface area contributed by atoms with E-state index in [1.54, 1.807) is 6.20 Å². The van der Waals surface area contributed by atoms with Gasteiger partial charge in [-0.15, -0.1) is 4.37 Å². The van der Waals surface area contributed by atoms with Crippen LogP contribution in [0.2, 0.25) is 0 Å². The molecule has 5 nitrogen and oxygen atoms in total. The third kappa shape index (κ3) is 3.90. The van der Waals surface area contributed by atoms with Crippen molar-refractivity contribution in [3.8, 4) is 5.88 Å². The molecule has 0 amide bonds. The molecule has 0 radical (unpaired) electrons. The Hall–Kier alpha value is -0.720. The van der Waals surface area contributed by atoms with Crippen LogP contribution in [0.5, 0.6) is 5.88 Å². The molecule has 3 atom stereocenters. The zero-order chi connectivity index (χ0) is 12.1. The van der Waals surface area contributed by atoms with Crippen LogP contribution in [0, 0.1) is 5.92 Å². The minimum absolute atomic E-state index is 0.263. The highest BCUT2D eigenvalue weighted by atomic mass is 32.1. The molecule has 1 aliphatic rings. The molecule has 1 fully saturated rings. The number of nitrogens with zero attached hydrogens (tertiary/aromatic N) is 2. The van der Waals surface area contributed by atoms with Crippen molar-refractivity contribution in [1.29, 1.82) is 0 Å². The minimum atomic E-state index is -0.496. The molecule has 0 aromatic carbocycles. The fourth-order valence-corrected chi connectivity index (χ4v) is 2.56. The van der Waals surface area contributed by atoms with Gasteiger partial charge < -0.3 is 15.2 Å². The van der Waals surface area contributed by atoms with Gasteiger partial charge in [0.2, 0.25) is 5.88 Å². The molecule has 1 heterocycles. The second kappa shape index (κ2) is 6.28. The van der Waals surface area contributed by atoms with Gasteiger partial charge in [0.05, 0.1) is 11.7 Å². The molecule has 0 saturated heterocycles. The van der Waals surface area contributed by atoms with Crippen LogP contribution in [0.4, 0.5) is 0 Å². The molecule has 0 spiro atoms. The van der Waals surface area contributed by atoms with Gasteiger partial charge in [0, 0.05) is 12.6 Å². The SMILES string of the molecule is CC1CCCC1NCC(O)COc1cnsn1. The lowest BCUT2D eigenvalue weighted by atomic mass is 10.1. The number of aromatic nitrogens is 2. The van der Waals surface area contributed by atoms with Crippen LogP contribution in [0.15, 0.2) is 6.20 Å². The summed E-state index contributed by atoms with van der Waals surface area (Å²) in [6.07, 6.45) is 4.85. The van der Waals surface area contributed by atoms with Crippen molar-refractivity contribution < 1.29 is 9.84 Å². The lowest BCUT2D eigenvalue weighted by Crippen LogP contribution is -2.39. The Kier molecular flexibility index (Phi) is 4.70. The average molecular weight is 257 g/mol. The summed E-state index contributed by atoms with van der Waals surface area (Å²) in [6.45, 7) is 3.10. The molecule has 0 aliphatic heterocycles. The monoisotopic (exact) mass is 257 g/mol. The van der Waals surface area contributed by atoms with Crippen molar-refractivity contribution in [2.24, 2.45) is 5.92 Å². The summed E-state index contributed by atoms with van der Waals surface area (Å²) < 4.78 is 13.0. The van der Waals surface area contributed by atoms with Crippen molar-refractivity contribution in [3.05, 3.63) is 6.20 Å². The summed E-state index contributed by atoms with van der Waals surface area (Å²) in [5.74, 6) is 1.20. The van der Waals surface area contributed by atoms with E-state index in [0.29, 0.717) is 24.4 Å². The Morgan fingerprint density at radius 3 is 3.18 bits per heavy atom. The number of aliphatic hydroxyl groups excluding tert-OH is 1. The molecule has 0 bridgehead atoms. The number of aliphatic hydroxyl groups is 1. The van der Waals surface area contributed by atoms with Crippen LogP contribution in [-0.2, 0) is 0 Å². The third-order valence-electron chi connectivity index (χ3n) is 3.24. The maximum atomic E-state index is 9.76. The van der Waals surface area contributed by atoms with Gasteiger partial charge in [0.25, 0.3) is 0 Å². The highest BCUT2D eigenvalue weighted by Gasteiger charge is 2.23. The second-order valence-electron chi connectivity index (χ2n) is 4.63. The second-order valence-corrected chi connectivity index (χ2v) is 5.19. The van der Waals surface area contributed by atoms with E-state index in [0.717, 1.165) is 11.7 Å². The summed E-state index contributed by atoms with van der Waals surface area (Å²) in [4.78, 5) is 0. The molecule has 6 heteroatoms. The molecule has 1 aromatic heterocycles. The molecular weight excluding hydrogens is 238 g/mol. The van der Waals surface area contributed by atoms with Gasteiger partial charge in [-0.25, -0.2) is 0 Å². The van der Waals surface area contributed by atoms with E-state index in [-0.39, 0.29) is 6.61 Å². The van der Waals surface area contributed by atoms with Crippen molar-refractivity contribution in [2.45, 2.75) is 38.3 Å². The standard InChI is InChI=1S/C11H19N3O2S/c1-8-3-2-4-10(8)12-5-9(15)7-16-11-6-13-17-14-11/h6,8-10,12,15H,2-5,7H2,1H3. The Bertz CT molecular complexity index is 321. The topological polar surface area (TPSA) is 67.3 Å². The van der Waals surface area contributed by atoms with Crippen molar-refractivity contribution in [3.63, 3.8) is 0 Å². The Labute approximate surface area is 106 Å². The molecule has 3 unspecified atom stereocenters. The van der Waals surface area contributed by atoms with Crippen molar-refractivity contribution in [2.75, 3.05) is 13.2 Å². The maximum absolute atomic E-state index is 9.76. The normalized spacial score (nSPS) is 26.0. The first-order valence-electron chi connectivity index (χ1n) is 6.07. The van der Waals surface area contributed by atoms with Gasteiger partial charge >= 0.3 is 0 Å². The van der Waals surface area contributed by atoms with E-state index in [2.05, 4.69) is 21.0 Å². The van der Waals surface area contributed by atoms with E-state index in [4.69, 9.17) is 4.74 Å². The average Bonchev–Trinajstić information content (AvgIpc) is 2.95. The summed E-state index contributed by atoms with van der Waals surface area (Å²) in [5.41, 5.74) is 0. The largest absolute Gasteiger partial charge is 0.473 e. The first-order chi connectivity index (χ1) is 8.25. The van der Waals surface area contributed by atoms with E-state index >= 15 is 0 Å². The number of nitrogens with one attached hydrogen (secondary N) is 1. The summed E-state index contributed by atoms with van der Waals surface area (Å²) >= 11 is 1.10. The lowest BCUT2D eigenvalue weighted by Gasteiger charge is -2.19. The molecule has 1 saturated carbocycles. The number of ether oxygens (including phenoxy) is 1. The highest BCUT2D eigenvalue weighted by molar-refractivity contribution is 6.99. The number of hydrogen-bond donors (Lipinski definition) is 2. The third-order valence-corrected chi connectivity index (χ3v) is 3.70. The van der Waals surface area contributed by atoms with Gasteiger partial charge in [0.15, 0.2) is 0 Å². The summed E-state index contributed by atoms with van der Waals surface area (Å²) in [7, 11) is 0. The molecule has 96 valence electrons. The minimum Gasteiger partial charge on any atom is -0.473 e. The maximum Gasteiger partial charge on any atom is 0.245 e. The number of hydrogen-bond acceptors (Lipinski definition) is 6. The quantitative estimate of drug-likeness (QED) is 0.797. The smallest absolute Gasteiger partial charge is 0.245 e. The van der Waals surface area contributed by atoms with Crippen LogP contribution in [-0.4, -0.2) is 39.2 Å². The van der Waals surface area contributed by atoms with Crippen LogP contribution < -0.4 is 10.1 Å². The van der Waals surface area contributed by atoms with Crippen LogP contribution in [0.3, 0.4) is 0 Å². The molecule has 1 aromatic rings. The van der Waals surface area contributed by atoms with E-state index in [9.17, 15) is 5.11 Å². The Balaban J connectivity index is 1.62. The molecule has 2 N–H and O–H groups in total. The van der Waals surface area contributed by atoms with E-state index in [1.165, 1.54) is 19.3 Å². The predicted molar refractivity (Wildman–Crippen MR) is 66.2 cm³/mol. The number of rotatable bonds is 6. The summed E-state index contributed by atoms with van der Waals surface area (Å²) in [5, 5.41) is 13.2. The van der Waals surface area contributed by atoms with Gasteiger partial charge in [-0.3, -0.25) is 0 Å². The fourth-order valence-electron chi connectivity index (χ4n) is 2.20. The van der Waals surface area contributed by atoms with Crippen molar-refractivity contribution >= 4 is 11.7 Å². The Morgan fingerprint density at radius 1 is 1.65 bits per heavy atom. The van der Waals surface area contributed by atoms with Gasteiger partial charge in [-0.05, 0) is 18.8 Å². The first-order valence-corrected chi connectivity index (χ1v) is 6.80. The molecular formula is C11H19N3O2S. The lowest BCUT2D eigenvalue weighted by molar-refractivity contribution is 0.100. The van der Waals surface area contributed by atoms with Crippen LogP contribution in [0.1, 0.15) is 26.2 Å². The van der Waals surface area contributed by atoms with Gasteiger partial charge in [-0.2, -0.15) is 4.37 Å². The highest BCUT2D eigenvalue weighted by Crippen LogP contribution is 2.24. The van der Waals surface area contributed by atoms with Gasteiger partial charge in [0.1, 0.15) is 18.9 Å². The fraction of sp³-hybridized carbons (Fsp3) is 0.818. The van der Waals surface area contributed by atoms with Crippen LogP contribution in [0.25, 0.3) is 0 Å². The molecule has 17 heavy (non-hydrogen) atoms. The summed E-state index contributed by atoms with van der Waals surface area (Å²) in [6, 6.07) is 0.547. The zero-order valence-electron chi connectivity index (χ0n) is 10.0. The van der Waals surface area contributed by atoms with Crippen molar-refractivity contribution in [1.82, 2.24) is 14.1 Å². The van der Waals surface area contributed by atoms with Crippen LogP contribution >= 0.6 is 11.7 Å². The first kappa shape index (κ1) is 12.7. The Morgan fingerprint density at radius 2 is 2.53 bits per heavy atom.